The number of fused-ring (bicyclic) bond motifs is 1. The Morgan fingerprint density at radius 3 is 2.14 bits per heavy atom. The summed E-state index contributed by atoms with van der Waals surface area (Å²) in [4.78, 5) is 31.8. The van der Waals surface area contributed by atoms with Crippen LogP contribution in [0.3, 0.4) is 0 Å². The summed E-state index contributed by atoms with van der Waals surface area (Å²) >= 11 is 0. The third-order valence-corrected chi connectivity index (χ3v) is 6.17. The second kappa shape index (κ2) is 9.18. The molecule has 0 unspecified atom stereocenters. The highest BCUT2D eigenvalue weighted by molar-refractivity contribution is 5.72. The van der Waals surface area contributed by atoms with Gasteiger partial charge in [-0.15, -0.1) is 0 Å². The second-order valence-electron chi connectivity index (χ2n) is 8.91. The van der Waals surface area contributed by atoms with Crippen molar-refractivity contribution in [3.8, 4) is 5.69 Å². The molecule has 0 saturated carbocycles. The topological polar surface area (TPSA) is 61.8 Å². The first kappa shape index (κ1) is 22.5. The standard InChI is InChI=1S/C28H25FN4O2/c1-19(2)22-10-14-24(15-11-22)33-26-25(31(18-30-26)16-20-6-4-3-5-7-20)27(34)32(28(33)35)17-21-8-12-23(29)13-9-21/h3-15,18-19H,16-17H2,1-2H3. The lowest BCUT2D eigenvalue weighted by Crippen LogP contribution is -2.40. The Bertz CT molecular complexity index is 1600. The molecule has 0 spiro atoms. The molecule has 6 nitrogen and oxygen atoms in total. The molecule has 3 aromatic carbocycles. The second-order valence-corrected chi connectivity index (χ2v) is 8.91. The molecule has 0 aliphatic rings. The number of hydrogen-bond acceptors (Lipinski definition) is 3. The Balaban J connectivity index is 1.73. The van der Waals surface area contributed by atoms with Crippen molar-refractivity contribution in [1.29, 1.82) is 0 Å². The van der Waals surface area contributed by atoms with E-state index in [0.29, 0.717) is 34.9 Å². The van der Waals surface area contributed by atoms with E-state index < -0.39 is 11.2 Å². The minimum Gasteiger partial charge on any atom is -0.320 e. The molecule has 2 heterocycles. The number of rotatable bonds is 6. The van der Waals surface area contributed by atoms with Crippen LogP contribution in [-0.4, -0.2) is 18.7 Å². The van der Waals surface area contributed by atoms with Crippen molar-refractivity contribution < 1.29 is 4.39 Å². The van der Waals surface area contributed by atoms with Crippen LogP contribution in [0.5, 0.6) is 0 Å². The van der Waals surface area contributed by atoms with E-state index in [4.69, 9.17) is 0 Å². The molecule has 0 saturated heterocycles. The van der Waals surface area contributed by atoms with Crippen molar-refractivity contribution in [2.45, 2.75) is 32.9 Å². The van der Waals surface area contributed by atoms with E-state index >= 15 is 0 Å². The van der Waals surface area contributed by atoms with Crippen LogP contribution >= 0.6 is 0 Å². The van der Waals surface area contributed by atoms with E-state index in [2.05, 4.69) is 18.8 Å². The molecule has 5 rings (SSSR count). The van der Waals surface area contributed by atoms with Gasteiger partial charge in [0, 0.05) is 6.54 Å². The summed E-state index contributed by atoms with van der Waals surface area (Å²) in [6.45, 7) is 4.67. The van der Waals surface area contributed by atoms with Gasteiger partial charge in [0.15, 0.2) is 11.2 Å². The van der Waals surface area contributed by atoms with Gasteiger partial charge < -0.3 is 4.57 Å². The van der Waals surface area contributed by atoms with Gasteiger partial charge in [0.2, 0.25) is 0 Å². The van der Waals surface area contributed by atoms with Gasteiger partial charge in [-0.1, -0.05) is 68.4 Å². The molecule has 0 atom stereocenters. The van der Waals surface area contributed by atoms with E-state index in [-0.39, 0.29) is 12.4 Å². The van der Waals surface area contributed by atoms with Crippen LogP contribution < -0.4 is 11.2 Å². The summed E-state index contributed by atoms with van der Waals surface area (Å²) in [7, 11) is 0. The Hall–Kier alpha value is -4.26. The van der Waals surface area contributed by atoms with E-state index in [1.165, 1.54) is 21.3 Å². The molecule has 2 aromatic heterocycles. The molecule has 0 aliphatic heterocycles. The van der Waals surface area contributed by atoms with Crippen LogP contribution in [0.4, 0.5) is 4.39 Å². The van der Waals surface area contributed by atoms with Gasteiger partial charge in [-0.2, -0.15) is 0 Å². The van der Waals surface area contributed by atoms with E-state index in [1.807, 2.05) is 54.6 Å². The summed E-state index contributed by atoms with van der Waals surface area (Å²) in [5.41, 5.74) is 3.16. The quantitative estimate of drug-likeness (QED) is 0.363. The number of hydrogen-bond donors (Lipinski definition) is 0. The molecule has 7 heteroatoms. The van der Waals surface area contributed by atoms with Gasteiger partial charge in [0.1, 0.15) is 5.82 Å². The van der Waals surface area contributed by atoms with Gasteiger partial charge >= 0.3 is 5.69 Å². The fraction of sp³-hybridized carbons (Fsp3) is 0.179. The van der Waals surface area contributed by atoms with Crippen molar-refractivity contribution >= 4 is 11.2 Å². The smallest absolute Gasteiger partial charge is 0.320 e. The van der Waals surface area contributed by atoms with Crippen molar-refractivity contribution in [2.24, 2.45) is 0 Å². The largest absolute Gasteiger partial charge is 0.337 e. The summed E-state index contributed by atoms with van der Waals surface area (Å²) in [6, 6.07) is 23.3. The number of nitrogens with zero attached hydrogens (tertiary/aromatic N) is 4. The lowest BCUT2D eigenvalue weighted by atomic mass is 10.0. The van der Waals surface area contributed by atoms with Crippen LogP contribution in [-0.2, 0) is 13.1 Å². The summed E-state index contributed by atoms with van der Waals surface area (Å²) < 4.78 is 17.9. The van der Waals surface area contributed by atoms with Gasteiger partial charge in [0.25, 0.3) is 5.56 Å². The minimum absolute atomic E-state index is 0.0223. The average molecular weight is 469 g/mol. The third-order valence-electron chi connectivity index (χ3n) is 6.17. The van der Waals surface area contributed by atoms with Crippen molar-refractivity contribution in [3.63, 3.8) is 0 Å². The minimum atomic E-state index is -0.492. The third kappa shape index (κ3) is 4.33. The van der Waals surface area contributed by atoms with Crippen molar-refractivity contribution in [2.75, 3.05) is 0 Å². The Morgan fingerprint density at radius 2 is 1.49 bits per heavy atom. The van der Waals surface area contributed by atoms with Gasteiger partial charge in [-0.25, -0.2) is 18.7 Å². The number of imidazole rings is 1. The SMILES string of the molecule is CC(C)c1ccc(-n2c(=O)n(Cc3ccc(F)cc3)c(=O)c3c2ncn3Cc2ccccc2)cc1. The van der Waals surface area contributed by atoms with Gasteiger partial charge in [-0.05, 0) is 46.9 Å². The molecule has 0 amide bonds. The fourth-order valence-electron chi connectivity index (χ4n) is 4.23. The molecule has 0 bridgehead atoms. The maximum atomic E-state index is 13.7. The molecule has 0 radical (unpaired) electrons. The van der Waals surface area contributed by atoms with Gasteiger partial charge in [-0.3, -0.25) is 9.36 Å². The summed E-state index contributed by atoms with van der Waals surface area (Å²) in [5.74, 6) is -0.0292. The van der Waals surface area contributed by atoms with E-state index in [0.717, 1.165) is 11.1 Å². The molecule has 0 N–H and O–H groups in total. The van der Waals surface area contributed by atoms with Gasteiger partial charge in [0.05, 0.1) is 18.6 Å². The molecule has 176 valence electrons. The van der Waals surface area contributed by atoms with Crippen molar-refractivity contribution in [1.82, 2.24) is 18.7 Å². The van der Waals surface area contributed by atoms with Crippen LogP contribution in [0.15, 0.2) is 94.8 Å². The maximum Gasteiger partial charge on any atom is 0.337 e. The van der Waals surface area contributed by atoms with Crippen LogP contribution in [0, 0.1) is 5.82 Å². The molecular weight excluding hydrogens is 443 g/mol. The lowest BCUT2D eigenvalue weighted by Gasteiger charge is -2.14. The first-order chi connectivity index (χ1) is 16.9. The number of benzene rings is 3. The fourth-order valence-corrected chi connectivity index (χ4v) is 4.23. The molecular formula is C28H25FN4O2. The van der Waals surface area contributed by atoms with E-state index in [9.17, 15) is 14.0 Å². The zero-order chi connectivity index (χ0) is 24.5. The zero-order valence-corrected chi connectivity index (χ0v) is 19.6. The summed E-state index contributed by atoms with van der Waals surface area (Å²) in [5, 5.41) is 0. The van der Waals surface area contributed by atoms with Crippen LogP contribution in [0.2, 0.25) is 0 Å². The number of aromatic nitrogens is 4. The van der Waals surface area contributed by atoms with E-state index in [1.54, 1.807) is 23.0 Å². The summed E-state index contributed by atoms with van der Waals surface area (Å²) in [6.07, 6.45) is 1.60. The zero-order valence-electron chi connectivity index (χ0n) is 19.6. The Labute approximate surface area is 201 Å². The Kier molecular flexibility index (Phi) is 5.91. The number of halogens is 1. The molecule has 35 heavy (non-hydrogen) atoms. The first-order valence-electron chi connectivity index (χ1n) is 11.5. The highest BCUT2D eigenvalue weighted by Crippen LogP contribution is 2.19. The highest BCUT2D eigenvalue weighted by atomic mass is 19.1. The van der Waals surface area contributed by atoms with Crippen molar-refractivity contribution in [3.05, 3.63) is 129 Å². The predicted molar refractivity (Wildman–Crippen MR) is 135 cm³/mol. The Morgan fingerprint density at radius 1 is 0.829 bits per heavy atom. The normalized spacial score (nSPS) is 11.4. The lowest BCUT2D eigenvalue weighted by molar-refractivity contribution is 0.624. The highest BCUT2D eigenvalue weighted by Gasteiger charge is 2.20. The molecule has 0 aliphatic carbocycles. The first-order valence-corrected chi connectivity index (χ1v) is 11.5. The van der Waals surface area contributed by atoms with Crippen LogP contribution in [0.1, 0.15) is 36.5 Å². The average Bonchev–Trinajstić information content (AvgIpc) is 3.27. The van der Waals surface area contributed by atoms with Crippen LogP contribution in [0.25, 0.3) is 16.9 Å². The predicted octanol–water partition coefficient (Wildman–Crippen LogP) is 4.71. The monoisotopic (exact) mass is 468 g/mol. The molecule has 5 aromatic rings. The maximum absolute atomic E-state index is 13.7. The molecule has 0 fully saturated rings.